The lowest BCUT2D eigenvalue weighted by Gasteiger charge is -2.12. The second-order valence-electron chi connectivity index (χ2n) is 4.35. The number of nitrogens with zero attached hydrogens (tertiary/aromatic N) is 2. The number of benzene rings is 1. The van der Waals surface area contributed by atoms with Crippen molar-refractivity contribution in [2.45, 2.75) is 19.9 Å². The van der Waals surface area contributed by atoms with Crippen LogP contribution in [-0.2, 0) is 13.0 Å². The first kappa shape index (κ1) is 15.2. The second kappa shape index (κ2) is 6.49. The quantitative estimate of drug-likeness (QED) is 0.832. The van der Waals surface area contributed by atoms with Gasteiger partial charge in [-0.05, 0) is 29.7 Å². The van der Waals surface area contributed by atoms with Crippen LogP contribution in [0.25, 0.3) is 0 Å². The minimum absolute atomic E-state index is 0.0215. The summed E-state index contributed by atoms with van der Waals surface area (Å²) in [6, 6.07) is 4.90. The molecule has 1 aromatic heterocycles. The average Bonchev–Trinajstić information content (AvgIpc) is 2.45. The summed E-state index contributed by atoms with van der Waals surface area (Å²) in [5, 5.41) is 2.87. The summed E-state index contributed by atoms with van der Waals surface area (Å²) in [6.45, 7) is 2.11. The van der Waals surface area contributed by atoms with Gasteiger partial charge in [0.1, 0.15) is 11.6 Å². The third-order valence-electron chi connectivity index (χ3n) is 3.05. The molecule has 0 aliphatic carbocycles. The fourth-order valence-corrected chi connectivity index (χ4v) is 2.11. The Morgan fingerprint density at radius 2 is 2.24 bits per heavy atom. The number of nitrogens with two attached hydrogens (primary N) is 1. The standard InChI is InChI=1S/C14H14ClFN4O/c1-2-8-4-3-5-11(16)9(8)6-18-13-10(12(17)21)7-19-14(15)20-13/h3-5,7H,2,6H2,1H3,(H2,17,21)(H,18,19,20). The van der Waals surface area contributed by atoms with Crippen LogP contribution in [0.1, 0.15) is 28.4 Å². The molecule has 1 amide bonds. The molecule has 0 saturated carbocycles. The van der Waals surface area contributed by atoms with Gasteiger partial charge in [0.2, 0.25) is 5.28 Å². The van der Waals surface area contributed by atoms with Crippen LogP contribution in [0.4, 0.5) is 10.2 Å². The number of primary amides is 1. The van der Waals surface area contributed by atoms with Gasteiger partial charge in [0.25, 0.3) is 5.91 Å². The summed E-state index contributed by atoms with van der Waals surface area (Å²) >= 11 is 5.70. The zero-order valence-electron chi connectivity index (χ0n) is 11.4. The second-order valence-corrected chi connectivity index (χ2v) is 4.69. The van der Waals surface area contributed by atoms with Crippen LogP contribution in [0.2, 0.25) is 5.28 Å². The molecule has 0 aliphatic heterocycles. The zero-order valence-corrected chi connectivity index (χ0v) is 12.1. The van der Waals surface area contributed by atoms with Gasteiger partial charge in [-0.2, -0.15) is 4.98 Å². The largest absolute Gasteiger partial charge is 0.365 e. The molecular weight excluding hydrogens is 295 g/mol. The first-order valence-electron chi connectivity index (χ1n) is 6.35. The van der Waals surface area contributed by atoms with Crippen molar-refractivity contribution in [2.24, 2.45) is 5.73 Å². The number of halogens is 2. The van der Waals surface area contributed by atoms with Gasteiger partial charge < -0.3 is 11.1 Å². The molecule has 0 bridgehead atoms. The van der Waals surface area contributed by atoms with Gasteiger partial charge >= 0.3 is 0 Å². The minimum Gasteiger partial charge on any atom is -0.365 e. The van der Waals surface area contributed by atoms with Gasteiger partial charge in [-0.3, -0.25) is 4.79 Å². The third kappa shape index (κ3) is 3.46. The Labute approximate surface area is 126 Å². The van der Waals surface area contributed by atoms with Crippen molar-refractivity contribution < 1.29 is 9.18 Å². The van der Waals surface area contributed by atoms with Gasteiger partial charge in [0.05, 0.1) is 5.56 Å². The molecule has 3 N–H and O–H groups in total. The van der Waals surface area contributed by atoms with Gasteiger partial charge in [0, 0.05) is 18.3 Å². The van der Waals surface area contributed by atoms with E-state index in [4.69, 9.17) is 17.3 Å². The first-order valence-corrected chi connectivity index (χ1v) is 6.73. The molecule has 7 heteroatoms. The maximum absolute atomic E-state index is 13.9. The van der Waals surface area contributed by atoms with E-state index in [1.165, 1.54) is 12.3 Å². The number of carbonyl (C=O) groups excluding carboxylic acids is 1. The number of nitrogens with one attached hydrogen (secondary N) is 1. The topological polar surface area (TPSA) is 80.9 Å². The van der Waals surface area contributed by atoms with E-state index in [0.29, 0.717) is 12.0 Å². The van der Waals surface area contributed by atoms with Crippen molar-refractivity contribution in [3.8, 4) is 0 Å². The molecule has 1 aromatic carbocycles. The summed E-state index contributed by atoms with van der Waals surface area (Å²) in [7, 11) is 0. The number of hydrogen-bond acceptors (Lipinski definition) is 4. The lowest BCUT2D eigenvalue weighted by Crippen LogP contribution is -2.17. The molecule has 2 aromatic rings. The highest BCUT2D eigenvalue weighted by atomic mass is 35.5. The molecule has 21 heavy (non-hydrogen) atoms. The zero-order chi connectivity index (χ0) is 15.4. The SMILES string of the molecule is CCc1cccc(F)c1CNc1nc(Cl)ncc1C(N)=O. The Morgan fingerprint density at radius 1 is 1.48 bits per heavy atom. The lowest BCUT2D eigenvalue weighted by molar-refractivity contribution is 0.100. The Bertz CT molecular complexity index is 678. The maximum Gasteiger partial charge on any atom is 0.254 e. The smallest absolute Gasteiger partial charge is 0.254 e. The van der Waals surface area contributed by atoms with E-state index in [0.717, 1.165) is 5.56 Å². The summed E-state index contributed by atoms with van der Waals surface area (Å²) in [4.78, 5) is 18.9. The normalized spacial score (nSPS) is 10.4. The number of hydrogen-bond donors (Lipinski definition) is 2. The highest BCUT2D eigenvalue weighted by Crippen LogP contribution is 2.18. The van der Waals surface area contributed by atoms with Crippen LogP contribution in [-0.4, -0.2) is 15.9 Å². The molecule has 5 nitrogen and oxygen atoms in total. The molecular formula is C14H14ClFN4O. The maximum atomic E-state index is 13.9. The number of rotatable bonds is 5. The van der Waals surface area contributed by atoms with E-state index in [-0.39, 0.29) is 29.0 Å². The van der Waals surface area contributed by atoms with Crippen molar-refractivity contribution in [2.75, 3.05) is 5.32 Å². The summed E-state index contributed by atoms with van der Waals surface area (Å²) in [6.07, 6.45) is 1.93. The Balaban J connectivity index is 2.28. The van der Waals surface area contributed by atoms with Crippen molar-refractivity contribution >= 4 is 23.3 Å². The van der Waals surface area contributed by atoms with E-state index >= 15 is 0 Å². The van der Waals surface area contributed by atoms with E-state index in [1.54, 1.807) is 6.07 Å². The molecule has 2 rings (SSSR count). The number of aromatic nitrogens is 2. The predicted molar refractivity (Wildman–Crippen MR) is 78.7 cm³/mol. The Hall–Kier alpha value is -2.21. The predicted octanol–water partition coefficient (Wildman–Crippen LogP) is 2.54. The van der Waals surface area contributed by atoms with Gasteiger partial charge in [-0.25, -0.2) is 9.37 Å². The summed E-state index contributed by atoms with van der Waals surface area (Å²) in [5.41, 5.74) is 6.75. The number of carbonyl (C=O) groups is 1. The molecule has 0 radical (unpaired) electrons. The molecule has 0 fully saturated rings. The average molecular weight is 309 g/mol. The van der Waals surface area contributed by atoms with Crippen LogP contribution in [0.15, 0.2) is 24.4 Å². The number of amides is 1. The highest BCUT2D eigenvalue weighted by molar-refractivity contribution is 6.28. The van der Waals surface area contributed by atoms with E-state index in [2.05, 4.69) is 15.3 Å². The summed E-state index contributed by atoms with van der Waals surface area (Å²) in [5.74, 6) is -0.811. The molecule has 0 atom stereocenters. The Morgan fingerprint density at radius 3 is 2.90 bits per heavy atom. The monoisotopic (exact) mass is 308 g/mol. The van der Waals surface area contributed by atoms with Crippen molar-refractivity contribution in [1.29, 1.82) is 0 Å². The molecule has 0 saturated heterocycles. The lowest BCUT2D eigenvalue weighted by atomic mass is 10.0. The minimum atomic E-state index is -0.682. The molecule has 1 heterocycles. The van der Waals surface area contributed by atoms with Gasteiger partial charge in [-0.15, -0.1) is 0 Å². The first-order chi connectivity index (χ1) is 10.0. The van der Waals surface area contributed by atoms with E-state index < -0.39 is 5.91 Å². The Kier molecular flexibility index (Phi) is 4.70. The molecule has 0 unspecified atom stereocenters. The summed E-state index contributed by atoms with van der Waals surface area (Å²) < 4.78 is 13.9. The highest BCUT2D eigenvalue weighted by Gasteiger charge is 2.13. The number of aryl methyl sites for hydroxylation is 1. The third-order valence-corrected chi connectivity index (χ3v) is 3.24. The van der Waals surface area contributed by atoms with Gasteiger partial charge in [0.15, 0.2) is 0 Å². The van der Waals surface area contributed by atoms with E-state index in [9.17, 15) is 9.18 Å². The van der Waals surface area contributed by atoms with Gasteiger partial charge in [-0.1, -0.05) is 19.1 Å². The van der Waals surface area contributed by atoms with Crippen molar-refractivity contribution in [1.82, 2.24) is 9.97 Å². The van der Waals surface area contributed by atoms with Crippen molar-refractivity contribution in [3.05, 3.63) is 52.2 Å². The fraction of sp³-hybridized carbons (Fsp3) is 0.214. The van der Waals surface area contributed by atoms with Crippen LogP contribution in [0.5, 0.6) is 0 Å². The molecule has 0 aliphatic rings. The van der Waals surface area contributed by atoms with Crippen LogP contribution >= 0.6 is 11.6 Å². The fourth-order valence-electron chi connectivity index (χ4n) is 1.98. The van der Waals surface area contributed by atoms with E-state index in [1.807, 2.05) is 13.0 Å². The van der Waals surface area contributed by atoms with Crippen molar-refractivity contribution in [3.63, 3.8) is 0 Å². The molecule has 0 spiro atoms. The molecule has 110 valence electrons. The van der Waals surface area contributed by atoms with Crippen LogP contribution in [0.3, 0.4) is 0 Å². The number of anilines is 1. The van der Waals surface area contributed by atoms with Crippen LogP contribution < -0.4 is 11.1 Å². The van der Waals surface area contributed by atoms with Crippen LogP contribution in [0, 0.1) is 5.82 Å².